The van der Waals surface area contributed by atoms with Gasteiger partial charge in [0, 0.05) is 12.8 Å². The lowest BCUT2D eigenvalue weighted by atomic mass is 10.0. The van der Waals surface area contributed by atoms with Gasteiger partial charge in [0.1, 0.15) is 0 Å². The molecule has 0 aromatic carbocycles. The van der Waals surface area contributed by atoms with Crippen LogP contribution in [0, 0.1) is 0 Å². The Labute approximate surface area is 499 Å². The van der Waals surface area contributed by atoms with Crippen LogP contribution < -0.4 is 5.32 Å². The van der Waals surface area contributed by atoms with Gasteiger partial charge in [-0.25, -0.2) is 0 Å². The van der Waals surface area contributed by atoms with Gasteiger partial charge in [-0.2, -0.15) is 0 Å². The van der Waals surface area contributed by atoms with E-state index in [1.807, 2.05) is 6.08 Å². The SMILES string of the molecule is CCCCCC/C=C\C/C=C\CCCCCCCCCC(=O)OCCCCCCCCCCCC/C=C\CCCCCCCCCC(=O)NC(CO)C(O)/C=C/CCCCCCCCCCCCCCCCCCCCCCCC. The van der Waals surface area contributed by atoms with Crippen LogP contribution in [-0.2, 0) is 14.3 Å². The van der Waals surface area contributed by atoms with E-state index in [4.69, 9.17) is 4.74 Å². The van der Waals surface area contributed by atoms with Crippen LogP contribution in [0.4, 0.5) is 0 Å². The van der Waals surface area contributed by atoms with Crippen molar-refractivity contribution in [3.63, 3.8) is 0 Å². The molecule has 0 spiro atoms. The van der Waals surface area contributed by atoms with E-state index in [2.05, 4.69) is 55.6 Å². The zero-order valence-electron chi connectivity index (χ0n) is 53.8. The summed E-state index contributed by atoms with van der Waals surface area (Å²) >= 11 is 0. The Morgan fingerprint density at radius 1 is 0.350 bits per heavy atom. The topological polar surface area (TPSA) is 95.9 Å². The predicted molar refractivity (Wildman–Crippen MR) is 352 cm³/mol. The molecule has 80 heavy (non-hydrogen) atoms. The lowest BCUT2D eigenvalue weighted by Crippen LogP contribution is -2.45. The molecule has 2 unspecified atom stereocenters. The van der Waals surface area contributed by atoms with E-state index in [9.17, 15) is 19.8 Å². The molecule has 1 amide bonds. The van der Waals surface area contributed by atoms with Gasteiger partial charge < -0.3 is 20.3 Å². The molecule has 0 aliphatic rings. The van der Waals surface area contributed by atoms with Gasteiger partial charge in [0.25, 0.3) is 0 Å². The summed E-state index contributed by atoms with van der Waals surface area (Å²) < 4.78 is 5.50. The highest BCUT2D eigenvalue weighted by Gasteiger charge is 2.18. The summed E-state index contributed by atoms with van der Waals surface area (Å²) in [6, 6.07) is -0.636. The molecule has 0 fully saturated rings. The molecule has 0 heterocycles. The first-order chi connectivity index (χ1) is 39.5. The van der Waals surface area contributed by atoms with Crippen molar-refractivity contribution in [1.29, 1.82) is 0 Å². The number of hydrogen-bond donors (Lipinski definition) is 3. The molecular weight excluding hydrogens is 983 g/mol. The largest absolute Gasteiger partial charge is 0.466 e. The predicted octanol–water partition coefficient (Wildman–Crippen LogP) is 23.3. The minimum absolute atomic E-state index is 0.000675. The minimum atomic E-state index is -0.852. The van der Waals surface area contributed by atoms with Crippen molar-refractivity contribution in [3.8, 4) is 0 Å². The number of ether oxygens (including phenoxy) is 1. The van der Waals surface area contributed by atoms with Gasteiger partial charge in [-0.1, -0.05) is 332 Å². The lowest BCUT2D eigenvalue weighted by molar-refractivity contribution is -0.143. The number of rotatable bonds is 67. The van der Waals surface area contributed by atoms with Gasteiger partial charge in [-0.15, -0.1) is 0 Å². The van der Waals surface area contributed by atoms with Crippen LogP contribution in [0.25, 0.3) is 0 Å². The van der Waals surface area contributed by atoms with Crippen LogP contribution >= 0.6 is 0 Å². The van der Waals surface area contributed by atoms with Crippen LogP contribution in [-0.4, -0.2) is 47.4 Å². The van der Waals surface area contributed by atoms with Crippen LogP contribution in [0.3, 0.4) is 0 Å². The number of hydrogen-bond acceptors (Lipinski definition) is 5. The van der Waals surface area contributed by atoms with E-state index in [0.717, 1.165) is 57.8 Å². The molecule has 0 bridgehead atoms. The zero-order valence-corrected chi connectivity index (χ0v) is 53.8. The Hall–Kier alpha value is -2.18. The van der Waals surface area contributed by atoms with E-state index in [-0.39, 0.29) is 18.5 Å². The third kappa shape index (κ3) is 65.0. The second-order valence-electron chi connectivity index (χ2n) is 24.6. The molecule has 0 aromatic heterocycles. The van der Waals surface area contributed by atoms with Crippen molar-refractivity contribution in [2.75, 3.05) is 13.2 Å². The molecular formula is C74H139NO5. The van der Waals surface area contributed by atoms with Crippen molar-refractivity contribution in [1.82, 2.24) is 5.32 Å². The quantitative estimate of drug-likeness (QED) is 0.0320. The first kappa shape index (κ1) is 77.8. The number of carbonyl (C=O) groups excluding carboxylic acids is 2. The molecule has 6 heteroatoms. The van der Waals surface area contributed by atoms with Gasteiger partial charge in [0.15, 0.2) is 0 Å². The zero-order chi connectivity index (χ0) is 57.8. The second-order valence-corrected chi connectivity index (χ2v) is 24.6. The maximum Gasteiger partial charge on any atom is 0.305 e. The summed E-state index contributed by atoms with van der Waals surface area (Å²) in [4.78, 5) is 24.6. The Morgan fingerprint density at radius 3 is 0.975 bits per heavy atom. The maximum absolute atomic E-state index is 12.5. The standard InChI is InChI=1S/C74H139NO5/c1-3-5-7-9-11-13-15-17-19-21-23-24-25-26-28-31-34-38-42-46-50-54-58-62-66-72(77)71(70-76)75-73(78)67-63-59-55-51-47-43-39-35-32-29-27-30-33-37-41-45-49-53-57-61-65-69-80-74(79)68-64-60-56-52-48-44-40-36-22-20-18-16-14-12-10-8-6-4-2/h14,16,20,22,29,32,62,66,71-72,76-77H,3-13,15,17-19,21,23-28,30-31,33-61,63-65,67-70H2,1-2H3,(H,75,78)/b16-14-,22-20-,32-29-,66-62+. The van der Waals surface area contributed by atoms with E-state index < -0.39 is 12.1 Å². The number of amides is 1. The Balaban J connectivity index is 3.45. The third-order valence-electron chi connectivity index (χ3n) is 16.6. The van der Waals surface area contributed by atoms with Crippen LogP contribution in [0.1, 0.15) is 386 Å². The minimum Gasteiger partial charge on any atom is -0.466 e. The molecule has 0 saturated carbocycles. The summed E-state index contributed by atoms with van der Waals surface area (Å²) in [6.45, 7) is 4.91. The first-order valence-corrected chi connectivity index (χ1v) is 35.9. The Kier molecular flexibility index (Phi) is 67.4. The number of aliphatic hydroxyl groups is 2. The summed E-state index contributed by atoms with van der Waals surface area (Å²) in [5.74, 6) is -0.0718. The first-order valence-electron chi connectivity index (χ1n) is 35.9. The van der Waals surface area contributed by atoms with Crippen LogP contribution in [0.2, 0.25) is 0 Å². The summed E-state index contributed by atoms with van der Waals surface area (Å²) in [7, 11) is 0. The van der Waals surface area contributed by atoms with Crippen molar-refractivity contribution < 1.29 is 24.5 Å². The molecule has 0 saturated heterocycles. The van der Waals surface area contributed by atoms with E-state index in [1.54, 1.807) is 6.08 Å². The smallest absolute Gasteiger partial charge is 0.305 e. The number of allylic oxidation sites excluding steroid dienone is 7. The van der Waals surface area contributed by atoms with Crippen LogP contribution in [0.5, 0.6) is 0 Å². The lowest BCUT2D eigenvalue weighted by Gasteiger charge is -2.20. The maximum atomic E-state index is 12.5. The average molecular weight is 1120 g/mol. The fraction of sp³-hybridized carbons (Fsp3) is 0.865. The Morgan fingerprint density at radius 2 is 0.625 bits per heavy atom. The fourth-order valence-electron chi connectivity index (χ4n) is 11.1. The second kappa shape index (κ2) is 69.3. The molecule has 2 atom stereocenters. The van der Waals surface area contributed by atoms with Crippen molar-refractivity contribution in [2.45, 2.75) is 398 Å². The molecule has 0 aromatic rings. The number of unbranched alkanes of at least 4 members (excludes halogenated alkanes) is 50. The number of nitrogens with one attached hydrogen (secondary N) is 1. The molecule has 470 valence electrons. The van der Waals surface area contributed by atoms with Crippen molar-refractivity contribution >= 4 is 11.9 Å². The molecule has 0 aliphatic carbocycles. The third-order valence-corrected chi connectivity index (χ3v) is 16.6. The molecule has 0 aliphatic heterocycles. The van der Waals surface area contributed by atoms with Crippen LogP contribution in [0.15, 0.2) is 48.6 Å². The fourth-order valence-corrected chi connectivity index (χ4v) is 11.1. The number of aliphatic hydroxyl groups excluding tert-OH is 2. The highest BCUT2D eigenvalue weighted by Crippen LogP contribution is 2.18. The highest BCUT2D eigenvalue weighted by atomic mass is 16.5. The van der Waals surface area contributed by atoms with Gasteiger partial charge in [0.2, 0.25) is 5.91 Å². The van der Waals surface area contributed by atoms with E-state index in [1.165, 1.54) is 302 Å². The number of esters is 1. The average Bonchev–Trinajstić information content (AvgIpc) is 3.46. The summed E-state index contributed by atoms with van der Waals surface area (Å²) in [5.41, 5.74) is 0. The monoisotopic (exact) mass is 1120 g/mol. The van der Waals surface area contributed by atoms with E-state index >= 15 is 0 Å². The molecule has 3 N–H and O–H groups in total. The number of carbonyl (C=O) groups is 2. The van der Waals surface area contributed by atoms with Crippen molar-refractivity contribution in [2.24, 2.45) is 0 Å². The highest BCUT2D eigenvalue weighted by molar-refractivity contribution is 5.76. The molecule has 0 radical (unpaired) electrons. The normalized spacial score (nSPS) is 12.8. The molecule has 0 rings (SSSR count). The van der Waals surface area contributed by atoms with Gasteiger partial charge in [0.05, 0.1) is 25.4 Å². The Bertz CT molecular complexity index is 1340. The van der Waals surface area contributed by atoms with Gasteiger partial charge in [-0.3, -0.25) is 9.59 Å². The van der Waals surface area contributed by atoms with Gasteiger partial charge >= 0.3 is 5.97 Å². The molecule has 6 nitrogen and oxygen atoms in total. The summed E-state index contributed by atoms with van der Waals surface area (Å²) in [6.07, 6.45) is 90.4. The van der Waals surface area contributed by atoms with E-state index in [0.29, 0.717) is 19.4 Å². The van der Waals surface area contributed by atoms with Gasteiger partial charge in [-0.05, 0) is 89.9 Å². The van der Waals surface area contributed by atoms with Crippen molar-refractivity contribution in [3.05, 3.63) is 48.6 Å². The summed E-state index contributed by atoms with van der Waals surface area (Å²) in [5, 5.41) is 23.3.